The van der Waals surface area contributed by atoms with E-state index in [0.717, 1.165) is 17.8 Å². The molecule has 0 amide bonds. The Morgan fingerprint density at radius 2 is 1.91 bits per heavy atom. The molecule has 0 saturated heterocycles. The van der Waals surface area contributed by atoms with Crippen molar-refractivity contribution in [3.8, 4) is 0 Å². The minimum absolute atomic E-state index is 0.541. The lowest BCUT2D eigenvalue weighted by atomic mass is 9.61. The normalized spacial score (nSPS) is 58.8. The predicted octanol–water partition coefficient (Wildman–Crippen LogP) is 2.26. The molecule has 1 heterocycles. The van der Waals surface area contributed by atoms with Crippen LogP contribution in [0.15, 0.2) is 10.2 Å². The van der Waals surface area contributed by atoms with E-state index in [0.29, 0.717) is 12.1 Å². The smallest absolute Gasteiger partial charge is 0.0791 e. The molecule has 0 aromatic rings. The van der Waals surface area contributed by atoms with Gasteiger partial charge in [-0.25, -0.2) is 0 Å². The Morgan fingerprint density at radius 1 is 1.09 bits per heavy atom. The molecule has 2 aliphatic carbocycles. The van der Waals surface area contributed by atoms with Gasteiger partial charge in [0.2, 0.25) is 0 Å². The molecule has 5 atom stereocenters. The molecule has 1 aliphatic heterocycles. The number of azo groups is 1. The van der Waals surface area contributed by atoms with Crippen molar-refractivity contribution in [1.82, 2.24) is 0 Å². The first-order valence-corrected chi connectivity index (χ1v) is 4.78. The minimum atomic E-state index is 0.541. The molecular weight excluding hydrogens is 136 g/mol. The fraction of sp³-hybridized carbons (Fsp3) is 1.00. The highest BCUT2D eigenvalue weighted by molar-refractivity contribution is 5.09. The first-order valence-electron chi connectivity index (χ1n) is 4.78. The summed E-state index contributed by atoms with van der Waals surface area (Å²) in [5.41, 5.74) is 0. The summed E-state index contributed by atoms with van der Waals surface area (Å²) in [6.07, 6.45) is 4.34. The van der Waals surface area contributed by atoms with Crippen LogP contribution >= 0.6 is 0 Å². The molecule has 3 rings (SSSR count). The lowest BCUT2D eigenvalue weighted by Gasteiger charge is -2.43. The topological polar surface area (TPSA) is 24.7 Å². The van der Waals surface area contributed by atoms with Crippen molar-refractivity contribution in [2.45, 2.75) is 38.3 Å². The quantitative estimate of drug-likeness (QED) is 0.506. The van der Waals surface area contributed by atoms with Crippen molar-refractivity contribution in [2.75, 3.05) is 0 Å². The van der Waals surface area contributed by atoms with Crippen LogP contribution < -0.4 is 0 Å². The monoisotopic (exact) mass is 150 g/mol. The summed E-state index contributed by atoms with van der Waals surface area (Å²) in [6.45, 7) is 2.22. The van der Waals surface area contributed by atoms with Gasteiger partial charge in [0.15, 0.2) is 0 Å². The number of nitrogens with zero attached hydrogens (tertiary/aromatic N) is 2. The van der Waals surface area contributed by atoms with Crippen LogP contribution in [-0.2, 0) is 0 Å². The standard InChI is InChI=1S/C9H14N2/c1-5-8-6-3-2-4-7(6)9(8)11-10-5/h5-9H,2-4H2,1H3/t5-,6-,7+,8-,9+/m0/s1. The number of rotatable bonds is 0. The van der Waals surface area contributed by atoms with E-state index in [1.807, 2.05) is 0 Å². The molecule has 0 unspecified atom stereocenters. The van der Waals surface area contributed by atoms with Crippen molar-refractivity contribution in [3.63, 3.8) is 0 Å². The zero-order valence-corrected chi connectivity index (χ0v) is 6.90. The van der Waals surface area contributed by atoms with E-state index in [9.17, 15) is 0 Å². The van der Waals surface area contributed by atoms with Gasteiger partial charge < -0.3 is 0 Å². The van der Waals surface area contributed by atoms with Crippen molar-refractivity contribution >= 4 is 0 Å². The second-order valence-electron chi connectivity index (χ2n) is 4.30. The second-order valence-corrected chi connectivity index (χ2v) is 4.30. The molecule has 0 aromatic carbocycles. The Bertz CT molecular complexity index is 212. The van der Waals surface area contributed by atoms with Crippen LogP contribution in [0.5, 0.6) is 0 Å². The minimum Gasteiger partial charge on any atom is -0.190 e. The highest BCUT2D eigenvalue weighted by Crippen LogP contribution is 2.56. The zero-order valence-electron chi connectivity index (χ0n) is 6.90. The molecule has 0 aromatic heterocycles. The fourth-order valence-corrected chi connectivity index (χ4v) is 3.38. The number of hydrogen-bond donors (Lipinski definition) is 0. The summed E-state index contributed by atoms with van der Waals surface area (Å²) >= 11 is 0. The summed E-state index contributed by atoms with van der Waals surface area (Å²) in [4.78, 5) is 0. The van der Waals surface area contributed by atoms with E-state index in [1.54, 1.807) is 0 Å². The fourth-order valence-electron chi connectivity index (χ4n) is 3.38. The molecule has 2 saturated carbocycles. The van der Waals surface area contributed by atoms with Crippen molar-refractivity contribution in [1.29, 1.82) is 0 Å². The van der Waals surface area contributed by atoms with Crippen LogP contribution in [0.3, 0.4) is 0 Å². The average Bonchev–Trinajstić information content (AvgIpc) is 2.43. The molecule has 0 N–H and O–H groups in total. The molecule has 60 valence electrons. The molecular formula is C9H14N2. The maximum atomic E-state index is 4.35. The van der Waals surface area contributed by atoms with Crippen LogP contribution in [0.1, 0.15) is 26.2 Å². The van der Waals surface area contributed by atoms with Gasteiger partial charge in [-0.15, -0.1) is 0 Å². The lowest BCUT2D eigenvalue weighted by molar-refractivity contribution is 0.0742. The number of fused-ring (bicyclic) bond motifs is 4. The third-order valence-electron chi connectivity index (χ3n) is 3.89. The van der Waals surface area contributed by atoms with Gasteiger partial charge in [0.05, 0.1) is 12.1 Å². The van der Waals surface area contributed by atoms with Crippen LogP contribution in [0.4, 0.5) is 0 Å². The molecule has 2 fully saturated rings. The third-order valence-corrected chi connectivity index (χ3v) is 3.89. The Morgan fingerprint density at radius 3 is 2.82 bits per heavy atom. The molecule has 2 heteroatoms. The second kappa shape index (κ2) is 1.85. The molecule has 0 radical (unpaired) electrons. The lowest BCUT2D eigenvalue weighted by Crippen LogP contribution is -2.48. The van der Waals surface area contributed by atoms with Crippen LogP contribution in [-0.4, -0.2) is 12.1 Å². The van der Waals surface area contributed by atoms with Crippen molar-refractivity contribution in [3.05, 3.63) is 0 Å². The van der Waals surface area contributed by atoms with E-state index < -0.39 is 0 Å². The SMILES string of the molecule is C[C@@H]1N=N[C@@H]2[C@@H]3CCC[C@@H]3[C@@H]21. The van der Waals surface area contributed by atoms with Gasteiger partial charge in [-0.1, -0.05) is 6.42 Å². The van der Waals surface area contributed by atoms with Gasteiger partial charge in [-0.05, 0) is 31.6 Å². The molecule has 2 nitrogen and oxygen atoms in total. The van der Waals surface area contributed by atoms with Gasteiger partial charge in [0.1, 0.15) is 0 Å². The summed E-state index contributed by atoms with van der Waals surface area (Å²) in [6, 6.07) is 1.19. The van der Waals surface area contributed by atoms with Gasteiger partial charge in [-0.3, -0.25) is 0 Å². The molecule has 0 bridgehead atoms. The highest BCUT2D eigenvalue weighted by atomic mass is 15.2. The summed E-state index contributed by atoms with van der Waals surface area (Å²) in [5, 5.41) is 8.62. The zero-order chi connectivity index (χ0) is 7.42. The largest absolute Gasteiger partial charge is 0.190 e. The first-order chi connectivity index (χ1) is 5.38. The highest BCUT2D eigenvalue weighted by Gasteiger charge is 2.56. The Kier molecular flexibility index (Phi) is 1.03. The van der Waals surface area contributed by atoms with E-state index in [4.69, 9.17) is 0 Å². The van der Waals surface area contributed by atoms with Crippen molar-refractivity contribution < 1.29 is 0 Å². The van der Waals surface area contributed by atoms with Crippen LogP contribution in [0, 0.1) is 17.8 Å². The van der Waals surface area contributed by atoms with Gasteiger partial charge in [-0.2, -0.15) is 10.2 Å². The first kappa shape index (κ1) is 6.15. The van der Waals surface area contributed by atoms with Crippen LogP contribution in [0.25, 0.3) is 0 Å². The summed E-state index contributed by atoms with van der Waals surface area (Å²) in [7, 11) is 0. The van der Waals surface area contributed by atoms with Crippen LogP contribution in [0.2, 0.25) is 0 Å². The van der Waals surface area contributed by atoms with E-state index in [2.05, 4.69) is 17.2 Å². The third kappa shape index (κ3) is 0.592. The van der Waals surface area contributed by atoms with E-state index in [1.165, 1.54) is 19.3 Å². The Labute approximate surface area is 67.1 Å². The van der Waals surface area contributed by atoms with E-state index >= 15 is 0 Å². The van der Waals surface area contributed by atoms with E-state index in [-0.39, 0.29) is 0 Å². The van der Waals surface area contributed by atoms with Crippen molar-refractivity contribution in [2.24, 2.45) is 28.0 Å². The molecule has 11 heavy (non-hydrogen) atoms. The number of hydrogen-bond acceptors (Lipinski definition) is 2. The summed E-state index contributed by atoms with van der Waals surface area (Å²) in [5.74, 6) is 2.79. The Balaban J connectivity index is 1.88. The van der Waals surface area contributed by atoms with Gasteiger partial charge >= 0.3 is 0 Å². The maximum Gasteiger partial charge on any atom is 0.0791 e. The van der Waals surface area contributed by atoms with Gasteiger partial charge in [0, 0.05) is 5.92 Å². The van der Waals surface area contributed by atoms with Gasteiger partial charge in [0.25, 0.3) is 0 Å². The Hall–Kier alpha value is -0.400. The summed E-state index contributed by atoms with van der Waals surface area (Å²) < 4.78 is 0. The predicted molar refractivity (Wildman–Crippen MR) is 42.4 cm³/mol. The molecule has 3 aliphatic rings. The average molecular weight is 150 g/mol. The molecule has 0 spiro atoms. The maximum absolute atomic E-state index is 4.35.